The second-order valence-corrected chi connectivity index (χ2v) is 12.3. The minimum atomic E-state index is -3.74. The van der Waals surface area contributed by atoms with Crippen molar-refractivity contribution in [2.24, 2.45) is 0 Å². The third kappa shape index (κ3) is 4.96. The summed E-state index contributed by atoms with van der Waals surface area (Å²) >= 11 is 0. The van der Waals surface area contributed by atoms with Gasteiger partial charge in [0.15, 0.2) is 11.6 Å². The smallest absolute Gasteiger partial charge is 0.232 e. The highest BCUT2D eigenvalue weighted by molar-refractivity contribution is 7.92. The predicted octanol–water partition coefficient (Wildman–Crippen LogP) is 5.97. The van der Waals surface area contributed by atoms with E-state index in [4.69, 9.17) is 4.74 Å². The molecule has 6 aromatic rings. The molecule has 0 saturated heterocycles. The first-order valence-corrected chi connectivity index (χ1v) is 15.1. The van der Waals surface area contributed by atoms with Crippen LogP contribution in [0.25, 0.3) is 27.6 Å². The third-order valence-electron chi connectivity index (χ3n) is 7.34. The van der Waals surface area contributed by atoms with Crippen LogP contribution < -0.4 is 9.46 Å². The van der Waals surface area contributed by atoms with E-state index in [1.165, 1.54) is 29.0 Å². The highest BCUT2D eigenvalue weighted by Gasteiger charge is 2.29. The molecule has 0 radical (unpaired) electrons. The number of anilines is 1. The Labute approximate surface area is 241 Å². The van der Waals surface area contributed by atoms with Crippen LogP contribution in [0.3, 0.4) is 0 Å². The van der Waals surface area contributed by atoms with Crippen molar-refractivity contribution >= 4 is 49.1 Å². The molecule has 0 amide bonds. The molecule has 0 spiro atoms. The molecule has 4 heterocycles. The van der Waals surface area contributed by atoms with Crippen LogP contribution in [0.1, 0.15) is 46.8 Å². The van der Waals surface area contributed by atoms with Gasteiger partial charge in [-0.3, -0.25) is 13.9 Å². The van der Waals surface area contributed by atoms with E-state index in [0.717, 1.165) is 35.9 Å². The molecule has 14 heteroatoms. The van der Waals surface area contributed by atoms with Crippen LogP contribution in [0.15, 0.2) is 54.9 Å². The number of alkyl halides is 1. The number of sulfonamides is 1. The Kier molecular flexibility index (Phi) is 6.38. The quantitative estimate of drug-likeness (QED) is 0.164. The Morgan fingerprint density at radius 3 is 2.60 bits per heavy atom. The summed E-state index contributed by atoms with van der Waals surface area (Å²) in [5, 5.41) is 5.06. The van der Waals surface area contributed by atoms with Crippen molar-refractivity contribution in [3.63, 3.8) is 0 Å². The summed E-state index contributed by atoms with van der Waals surface area (Å²) in [5.41, 5.74) is 3.66. The maximum atomic E-state index is 14.1. The first-order valence-electron chi connectivity index (χ1n) is 13.5. The van der Waals surface area contributed by atoms with Gasteiger partial charge in [-0.25, -0.2) is 26.7 Å². The number of para-hydroxylation sites is 1. The van der Waals surface area contributed by atoms with Crippen molar-refractivity contribution in [1.29, 1.82) is 0 Å². The Morgan fingerprint density at radius 1 is 1.07 bits per heavy atom. The summed E-state index contributed by atoms with van der Waals surface area (Å²) in [6.45, 7) is -0.727. The number of halogens is 3. The molecule has 0 aliphatic heterocycles. The van der Waals surface area contributed by atoms with Crippen molar-refractivity contribution < 1.29 is 31.1 Å². The lowest BCUT2D eigenvalue weighted by atomic mass is 10.1. The standard InChI is InChI=1S/C29H23F3N6O4S/c30-7-2-8-43(40,41)37-22-11-21-16(9-17(22)15-5-6-15)10-24(35-21)27(39)18-13-34-38-25-14-33-26(12-23(25)36-29(18)38)42-28-19(31)3-1-4-20(28)32/h1,3-4,9-15,35-37H,2,5-8H2. The number of hydrogen-bond donors (Lipinski definition) is 3. The Hall–Kier alpha value is -4.85. The monoisotopic (exact) mass is 608 g/mol. The number of nitrogens with one attached hydrogen (secondary N) is 3. The summed E-state index contributed by atoms with van der Waals surface area (Å²) in [7, 11) is -3.74. The molecule has 7 rings (SSSR count). The maximum absolute atomic E-state index is 14.1. The van der Waals surface area contributed by atoms with E-state index in [9.17, 15) is 26.4 Å². The Bertz CT molecular complexity index is 2150. The number of benzene rings is 2. The van der Waals surface area contributed by atoms with E-state index >= 15 is 0 Å². The summed E-state index contributed by atoms with van der Waals surface area (Å²) in [5.74, 6) is -2.89. The van der Waals surface area contributed by atoms with Gasteiger partial charge in [-0.2, -0.15) is 5.10 Å². The first kappa shape index (κ1) is 27.0. The number of aromatic nitrogens is 5. The molecule has 4 aromatic heterocycles. The predicted molar refractivity (Wildman–Crippen MR) is 153 cm³/mol. The lowest BCUT2D eigenvalue weighted by Crippen LogP contribution is -2.18. The van der Waals surface area contributed by atoms with Crippen LogP contribution in [-0.2, 0) is 10.0 Å². The van der Waals surface area contributed by atoms with E-state index < -0.39 is 34.1 Å². The summed E-state index contributed by atoms with van der Waals surface area (Å²) in [4.78, 5) is 24.0. The molecule has 3 N–H and O–H groups in total. The number of fused-ring (bicyclic) bond motifs is 4. The van der Waals surface area contributed by atoms with Gasteiger partial charge >= 0.3 is 0 Å². The molecular formula is C29H23F3N6O4S. The normalized spacial score (nSPS) is 13.7. The van der Waals surface area contributed by atoms with Gasteiger partial charge in [-0.15, -0.1) is 0 Å². The van der Waals surface area contributed by atoms with Crippen molar-refractivity contribution in [3.05, 3.63) is 83.3 Å². The fourth-order valence-electron chi connectivity index (χ4n) is 5.13. The van der Waals surface area contributed by atoms with Crippen LogP contribution in [0.5, 0.6) is 11.6 Å². The van der Waals surface area contributed by atoms with Crippen LogP contribution in [0, 0.1) is 11.6 Å². The second-order valence-electron chi connectivity index (χ2n) is 10.4. The van der Waals surface area contributed by atoms with Crippen molar-refractivity contribution in [1.82, 2.24) is 24.6 Å². The van der Waals surface area contributed by atoms with Gasteiger partial charge in [0, 0.05) is 17.0 Å². The topological polar surface area (TPSA) is 134 Å². The van der Waals surface area contributed by atoms with E-state index in [-0.39, 0.29) is 41.0 Å². The number of imidazole rings is 1. The van der Waals surface area contributed by atoms with Crippen molar-refractivity contribution in [2.75, 3.05) is 17.1 Å². The van der Waals surface area contributed by atoms with Crippen molar-refractivity contribution in [3.8, 4) is 11.6 Å². The number of ether oxygens (including phenoxy) is 1. The molecular weight excluding hydrogens is 585 g/mol. The van der Waals surface area contributed by atoms with Crippen LogP contribution in [0.4, 0.5) is 18.9 Å². The molecule has 0 bridgehead atoms. The van der Waals surface area contributed by atoms with Gasteiger partial charge in [-0.05, 0) is 61.1 Å². The fraction of sp³-hybridized carbons (Fsp3) is 0.207. The highest BCUT2D eigenvalue weighted by Crippen LogP contribution is 2.45. The molecule has 0 unspecified atom stereocenters. The van der Waals surface area contributed by atoms with E-state index in [1.54, 1.807) is 12.1 Å². The number of pyridine rings is 1. The van der Waals surface area contributed by atoms with Gasteiger partial charge in [0.1, 0.15) is 11.2 Å². The fourth-order valence-corrected chi connectivity index (χ4v) is 6.24. The number of carbonyl (C=O) groups is 1. The SMILES string of the molecule is O=C(c1cc2cc(C3CC3)c(NS(=O)(=O)CCCF)cc2[nH]1)c1cnn2c1[nH]c1cc(Oc3c(F)cccc3F)ncc12. The van der Waals surface area contributed by atoms with Crippen molar-refractivity contribution in [2.45, 2.75) is 25.2 Å². The largest absolute Gasteiger partial charge is 0.433 e. The maximum Gasteiger partial charge on any atom is 0.232 e. The summed E-state index contributed by atoms with van der Waals surface area (Å²) in [6, 6.07) is 10.1. The molecule has 1 aliphatic rings. The number of carbonyl (C=O) groups excluding carboxylic acids is 1. The van der Waals surface area contributed by atoms with Gasteiger partial charge in [0.2, 0.25) is 27.4 Å². The molecule has 1 fully saturated rings. The average Bonchev–Trinajstić information content (AvgIpc) is 3.45. The minimum Gasteiger partial charge on any atom is -0.433 e. The number of hydrogen-bond acceptors (Lipinski definition) is 6. The molecule has 220 valence electrons. The summed E-state index contributed by atoms with van der Waals surface area (Å²) < 4.78 is 75.1. The lowest BCUT2D eigenvalue weighted by molar-refractivity contribution is 0.103. The zero-order valence-corrected chi connectivity index (χ0v) is 23.1. The highest BCUT2D eigenvalue weighted by atomic mass is 32.2. The zero-order chi connectivity index (χ0) is 29.9. The zero-order valence-electron chi connectivity index (χ0n) is 22.3. The second kappa shape index (κ2) is 10.2. The number of ketones is 1. The summed E-state index contributed by atoms with van der Waals surface area (Å²) in [6.07, 6.45) is 4.57. The Morgan fingerprint density at radius 2 is 1.86 bits per heavy atom. The Balaban J connectivity index is 1.22. The van der Waals surface area contributed by atoms with Gasteiger partial charge < -0.3 is 14.7 Å². The van der Waals surface area contributed by atoms with Gasteiger partial charge in [0.05, 0.1) is 47.3 Å². The molecule has 1 aliphatic carbocycles. The van der Waals surface area contributed by atoms with Crippen LogP contribution in [-0.4, -0.2) is 51.2 Å². The third-order valence-corrected chi connectivity index (χ3v) is 8.70. The number of aromatic amines is 2. The van der Waals surface area contributed by atoms with Gasteiger partial charge in [-0.1, -0.05) is 6.07 Å². The average molecular weight is 609 g/mol. The lowest BCUT2D eigenvalue weighted by Gasteiger charge is -2.12. The number of H-pyrrole nitrogens is 2. The van der Waals surface area contributed by atoms with E-state index in [0.29, 0.717) is 27.9 Å². The van der Waals surface area contributed by atoms with Crippen LogP contribution >= 0.6 is 0 Å². The minimum absolute atomic E-state index is 0.0629. The first-order chi connectivity index (χ1) is 20.7. The molecule has 43 heavy (non-hydrogen) atoms. The van der Waals surface area contributed by atoms with Crippen LogP contribution in [0.2, 0.25) is 0 Å². The molecule has 1 saturated carbocycles. The number of nitrogens with zero attached hydrogens (tertiary/aromatic N) is 3. The molecule has 10 nitrogen and oxygen atoms in total. The van der Waals surface area contributed by atoms with E-state index in [1.807, 2.05) is 6.07 Å². The molecule has 0 atom stereocenters. The number of rotatable bonds is 10. The molecule has 2 aromatic carbocycles. The van der Waals surface area contributed by atoms with Gasteiger partial charge in [0.25, 0.3) is 0 Å². The van der Waals surface area contributed by atoms with E-state index in [2.05, 4.69) is 24.8 Å².